The summed E-state index contributed by atoms with van der Waals surface area (Å²) >= 11 is 0. The molecule has 0 bridgehead atoms. The van der Waals surface area contributed by atoms with E-state index in [1.54, 1.807) is 0 Å². The third-order valence-electron chi connectivity index (χ3n) is 2.51. The number of hydrogen-bond acceptors (Lipinski definition) is 1. The van der Waals surface area contributed by atoms with Gasteiger partial charge in [-0.05, 0) is 40.2 Å². The molecule has 0 rings (SSSR count). The highest BCUT2D eigenvalue weighted by atomic mass is 14.8. The molecule has 0 heterocycles. The van der Waals surface area contributed by atoms with Crippen LogP contribution in [0.15, 0.2) is 23.3 Å². The zero-order valence-electron chi connectivity index (χ0n) is 9.65. The van der Waals surface area contributed by atoms with Crippen molar-refractivity contribution in [1.29, 1.82) is 0 Å². The molecule has 0 spiro atoms. The van der Waals surface area contributed by atoms with E-state index in [2.05, 4.69) is 45.2 Å². The van der Waals surface area contributed by atoms with Crippen molar-refractivity contribution in [3.05, 3.63) is 23.3 Å². The molecule has 1 N–H and O–H groups in total. The Kier molecular flexibility index (Phi) is 6.61. The fraction of sp³-hybridized carbons (Fsp3) is 0.667. The van der Waals surface area contributed by atoms with E-state index in [1.165, 1.54) is 11.1 Å². The zero-order valence-corrected chi connectivity index (χ0v) is 9.65. The molecule has 0 aliphatic carbocycles. The standard InChI is InChI=1S/C12H23N/c1-6-11(3)12(4)8-7-10(2)9-13-5/h6-7,12-13H,8-9H2,1-5H3/b10-7+,11-6-. The zero-order chi connectivity index (χ0) is 10.3. The van der Waals surface area contributed by atoms with E-state index in [4.69, 9.17) is 0 Å². The minimum absolute atomic E-state index is 0.678. The van der Waals surface area contributed by atoms with Gasteiger partial charge in [-0.2, -0.15) is 0 Å². The van der Waals surface area contributed by atoms with Crippen LogP contribution in [0.1, 0.15) is 34.1 Å². The Bertz CT molecular complexity index is 189. The summed E-state index contributed by atoms with van der Waals surface area (Å²) in [5.41, 5.74) is 2.91. The molecular weight excluding hydrogens is 158 g/mol. The average molecular weight is 181 g/mol. The Labute approximate surface area is 82.9 Å². The molecule has 0 aliphatic rings. The van der Waals surface area contributed by atoms with Crippen LogP contribution in [0.5, 0.6) is 0 Å². The Balaban J connectivity index is 3.93. The number of hydrogen-bond donors (Lipinski definition) is 1. The van der Waals surface area contributed by atoms with Crippen LogP contribution in [-0.2, 0) is 0 Å². The van der Waals surface area contributed by atoms with Crippen LogP contribution < -0.4 is 5.32 Å². The fourth-order valence-electron chi connectivity index (χ4n) is 1.20. The molecule has 13 heavy (non-hydrogen) atoms. The molecule has 1 atom stereocenters. The molecule has 0 amide bonds. The van der Waals surface area contributed by atoms with Crippen molar-refractivity contribution >= 4 is 0 Å². The molecule has 1 heteroatoms. The minimum atomic E-state index is 0.678. The van der Waals surface area contributed by atoms with Crippen molar-refractivity contribution in [2.75, 3.05) is 13.6 Å². The number of rotatable bonds is 5. The van der Waals surface area contributed by atoms with E-state index < -0.39 is 0 Å². The summed E-state index contributed by atoms with van der Waals surface area (Å²) in [5, 5.41) is 3.15. The molecule has 1 nitrogen and oxygen atoms in total. The first-order valence-corrected chi connectivity index (χ1v) is 5.04. The highest BCUT2D eigenvalue weighted by Crippen LogP contribution is 2.14. The van der Waals surface area contributed by atoms with Gasteiger partial charge in [0.25, 0.3) is 0 Å². The van der Waals surface area contributed by atoms with Gasteiger partial charge in [0, 0.05) is 6.54 Å². The Morgan fingerprint density at radius 2 is 2.00 bits per heavy atom. The second-order valence-corrected chi connectivity index (χ2v) is 3.75. The van der Waals surface area contributed by atoms with Gasteiger partial charge >= 0.3 is 0 Å². The molecular formula is C12H23N. The lowest BCUT2D eigenvalue weighted by Gasteiger charge is -2.09. The van der Waals surface area contributed by atoms with Crippen molar-refractivity contribution in [3.63, 3.8) is 0 Å². The van der Waals surface area contributed by atoms with Gasteiger partial charge in [0.2, 0.25) is 0 Å². The maximum absolute atomic E-state index is 3.15. The third-order valence-corrected chi connectivity index (χ3v) is 2.51. The molecule has 0 fully saturated rings. The van der Waals surface area contributed by atoms with Crippen LogP contribution in [-0.4, -0.2) is 13.6 Å². The Hall–Kier alpha value is -0.560. The molecule has 0 aromatic heterocycles. The van der Waals surface area contributed by atoms with E-state index >= 15 is 0 Å². The number of likely N-dealkylation sites (N-methyl/N-ethyl adjacent to an activating group) is 1. The van der Waals surface area contributed by atoms with E-state index in [1.807, 2.05) is 7.05 Å². The SMILES string of the molecule is C/C=C(/C)C(C)C/C=C(\C)CNC. The van der Waals surface area contributed by atoms with Crippen molar-refractivity contribution in [2.45, 2.75) is 34.1 Å². The lowest BCUT2D eigenvalue weighted by atomic mass is 9.98. The summed E-state index contributed by atoms with van der Waals surface area (Å²) < 4.78 is 0. The summed E-state index contributed by atoms with van der Waals surface area (Å²) in [6.07, 6.45) is 5.68. The van der Waals surface area contributed by atoms with Gasteiger partial charge in [-0.25, -0.2) is 0 Å². The normalized spacial score (nSPS) is 16.1. The van der Waals surface area contributed by atoms with Gasteiger partial charge < -0.3 is 5.32 Å². The van der Waals surface area contributed by atoms with Gasteiger partial charge in [-0.15, -0.1) is 0 Å². The monoisotopic (exact) mass is 181 g/mol. The average Bonchev–Trinajstić information content (AvgIpc) is 2.13. The third kappa shape index (κ3) is 5.64. The van der Waals surface area contributed by atoms with Gasteiger partial charge in [0.1, 0.15) is 0 Å². The van der Waals surface area contributed by atoms with Crippen molar-refractivity contribution < 1.29 is 0 Å². The van der Waals surface area contributed by atoms with Crippen LogP contribution in [0.25, 0.3) is 0 Å². The van der Waals surface area contributed by atoms with Crippen molar-refractivity contribution in [2.24, 2.45) is 5.92 Å². The summed E-state index contributed by atoms with van der Waals surface area (Å²) in [6.45, 7) is 9.76. The molecule has 1 unspecified atom stereocenters. The second-order valence-electron chi connectivity index (χ2n) is 3.75. The summed E-state index contributed by atoms with van der Waals surface area (Å²) in [6, 6.07) is 0. The fourth-order valence-corrected chi connectivity index (χ4v) is 1.20. The van der Waals surface area contributed by atoms with E-state index in [0.717, 1.165) is 13.0 Å². The molecule has 0 aromatic rings. The van der Waals surface area contributed by atoms with Crippen LogP contribution in [0.4, 0.5) is 0 Å². The summed E-state index contributed by atoms with van der Waals surface area (Å²) in [7, 11) is 1.98. The highest BCUT2D eigenvalue weighted by Gasteiger charge is 2.00. The molecule has 0 aliphatic heterocycles. The molecule has 0 aromatic carbocycles. The second kappa shape index (κ2) is 6.90. The van der Waals surface area contributed by atoms with Crippen molar-refractivity contribution in [1.82, 2.24) is 5.32 Å². The minimum Gasteiger partial charge on any atom is -0.316 e. The maximum atomic E-state index is 3.15. The van der Waals surface area contributed by atoms with Crippen LogP contribution in [0.2, 0.25) is 0 Å². The smallest absolute Gasteiger partial charge is 0.0158 e. The van der Waals surface area contributed by atoms with E-state index in [-0.39, 0.29) is 0 Å². The van der Waals surface area contributed by atoms with E-state index in [9.17, 15) is 0 Å². The lowest BCUT2D eigenvalue weighted by molar-refractivity contribution is 0.687. The summed E-state index contributed by atoms with van der Waals surface area (Å²) in [5.74, 6) is 0.678. The number of nitrogens with one attached hydrogen (secondary N) is 1. The first-order valence-electron chi connectivity index (χ1n) is 5.04. The van der Waals surface area contributed by atoms with Gasteiger partial charge in [0.05, 0.1) is 0 Å². The predicted octanol–water partition coefficient (Wildman–Crippen LogP) is 3.14. The topological polar surface area (TPSA) is 12.0 Å². The highest BCUT2D eigenvalue weighted by molar-refractivity contribution is 5.06. The van der Waals surface area contributed by atoms with Gasteiger partial charge in [-0.1, -0.05) is 30.2 Å². The van der Waals surface area contributed by atoms with Crippen molar-refractivity contribution in [3.8, 4) is 0 Å². The Morgan fingerprint density at radius 3 is 2.46 bits per heavy atom. The van der Waals surface area contributed by atoms with Gasteiger partial charge in [-0.3, -0.25) is 0 Å². The summed E-state index contributed by atoms with van der Waals surface area (Å²) in [4.78, 5) is 0. The largest absolute Gasteiger partial charge is 0.316 e. The first-order chi connectivity index (χ1) is 6.11. The lowest BCUT2D eigenvalue weighted by Crippen LogP contribution is -2.08. The predicted molar refractivity (Wildman–Crippen MR) is 60.9 cm³/mol. The van der Waals surface area contributed by atoms with Crippen LogP contribution in [0.3, 0.4) is 0 Å². The quantitative estimate of drug-likeness (QED) is 0.642. The molecule has 0 radical (unpaired) electrons. The number of allylic oxidation sites excluding steroid dienone is 3. The molecule has 0 saturated heterocycles. The van der Waals surface area contributed by atoms with Crippen LogP contribution in [0, 0.1) is 5.92 Å². The van der Waals surface area contributed by atoms with E-state index in [0.29, 0.717) is 5.92 Å². The van der Waals surface area contributed by atoms with Gasteiger partial charge in [0.15, 0.2) is 0 Å². The van der Waals surface area contributed by atoms with Crippen LogP contribution >= 0.6 is 0 Å². The molecule has 0 saturated carbocycles. The Morgan fingerprint density at radius 1 is 1.38 bits per heavy atom. The maximum Gasteiger partial charge on any atom is 0.0158 e. The first kappa shape index (κ1) is 12.4. The molecule has 76 valence electrons.